The summed E-state index contributed by atoms with van der Waals surface area (Å²) in [7, 11) is 0. The molecule has 2 atom stereocenters. The van der Waals surface area contributed by atoms with Crippen molar-refractivity contribution >= 4 is 0 Å². The third-order valence-corrected chi connectivity index (χ3v) is 4.90. The van der Waals surface area contributed by atoms with E-state index in [2.05, 4.69) is 39.9 Å². The van der Waals surface area contributed by atoms with Crippen molar-refractivity contribution in [1.29, 1.82) is 0 Å². The van der Waals surface area contributed by atoms with E-state index in [1.165, 1.54) is 50.9 Å². The maximum absolute atomic E-state index is 4.52. The van der Waals surface area contributed by atoms with E-state index in [0.717, 1.165) is 30.9 Å². The van der Waals surface area contributed by atoms with Crippen molar-refractivity contribution in [3.63, 3.8) is 0 Å². The molecule has 112 valence electrons. The van der Waals surface area contributed by atoms with E-state index in [4.69, 9.17) is 0 Å². The number of aromatic nitrogens is 2. The van der Waals surface area contributed by atoms with Crippen LogP contribution in [0.5, 0.6) is 0 Å². The maximum Gasteiger partial charge on any atom is 0.0596 e. The largest absolute Gasteiger partial charge is 0.314 e. The number of hydrogen-bond donors (Lipinski definition) is 1. The molecule has 4 heteroatoms. The number of rotatable bonds is 5. The minimum Gasteiger partial charge on any atom is -0.314 e. The van der Waals surface area contributed by atoms with Crippen LogP contribution in [0.1, 0.15) is 43.5 Å². The van der Waals surface area contributed by atoms with E-state index in [1.54, 1.807) is 0 Å². The second kappa shape index (κ2) is 6.27. The molecule has 0 saturated carbocycles. The Morgan fingerprint density at radius 3 is 3.00 bits per heavy atom. The SMILES string of the molecule is Cc1cc(C)n(CCCN[C@H]2CCN3CCC[C@H]3C2)n1. The van der Waals surface area contributed by atoms with E-state index >= 15 is 0 Å². The quantitative estimate of drug-likeness (QED) is 0.836. The summed E-state index contributed by atoms with van der Waals surface area (Å²) in [4.78, 5) is 2.69. The zero-order valence-electron chi connectivity index (χ0n) is 12.9. The summed E-state index contributed by atoms with van der Waals surface area (Å²) in [5.41, 5.74) is 2.41. The minimum absolute atomic E-state index is 0.745. The lowest BCUT2D eigenvalue weighted by molar-refractivity contribution is 0.167. The van der Waals surface area contributed by atoms with Crippen LogP contribution in [0.3, 0.4) is 0 Å². The molecule has 0 aliphatic carbocycles. The molecular formula is C16H28N4. The second-order valence-corrected chi connectivity index (χ2v) is 6.51. The van der Waals surface area contributed by atoms with Gasteiger partial charge in [-0.05, 0) is 71.7 Å². The minimum atomic E-state index is 0.745. The molecule has 4 nitrogen and oxygen atoms in total. The first-order chi connectivity index (χ1) is 9.72. The summed E-state index contributed by atoms with van der Waals surface area (Å²) in [6.07, 6.45) is 6.70. The molecule has 3 heterocycles. The molecule has 2 fully saturated rings. The Labute approximate surface area is 122 Å². The fraction of sp³-hybridized carbons (Fsp3) is 0.812. The van der Waals surface area contributed by atoms with Gasteiger partial charge in [0.25, 0.3) is 0 Å². The van der Waals surface area contributed by atoms with Crippen LogP contribution in [0.4, 0.5) is 0 Å². The van der Waals surface area contributed by atoms with Crippen LogP contribution in [0.15, 0.2) is 6.07 Å². The Balaban J connectivity index is 1.37. The average Bonchev–Trinajstić information content (AvgIpc) is 3.00. The highest BCUT2D eigenvalue weighted by Gasteiger charge is 2.31. The number of nitrogens with one attached hydrogen (secondary N) is 1. The number of fused-ring (bicyclic) bond motifs is 1. The highest BCUT2D eigenvalue weighted by atomic mass is 15.3. The van der Waals surface area contributed by atoms with Gasteiger partial charge in [0.1, 0.15) is 0 Å². The smallest absolute Gasteiger partial charge is 0.0596 e. The van der Waals surface area contributed by atoms with Crippen molar-refractivity contribution in [2.45, 2.75) is 64.6 Å². The van der Waals surface area contributed by atoms with E-state index in [9.17, 15) is 0 Å². The van der Waals surface area contributed by atoms with Gasteiger partial charge in [-0.2, -0.15) is 5.10 Å². The van der Waals surface area contributed by atoms with Gasteiger partial charge in [-0.1, -0.05) is 0 Å². The molecule has 0 radical (unpaired) electrons. The monoisotopic (exact) mass is 276 g/mol. The number of hydrogen-bond acceptors (Lipinski definition) is 3. The Kier molecular flexibility index (Phi) is 4.41. The zero-order valence-corrected chi connectivity index (χ0v) is 12.9. The van der Waals surface area contributed by atoms with E-state index < -0.39 is 0 Å². The predicted octanol–water partition coefficient (Wildman–Crippen LogP) is 2.11. The molecule has 0 aromatic carbocycles. The lowest BCUT2D eigenvalue weighted by atomic mass is 9.97. The molecule has 1 aromatic rings. The average molecular weight is 276 g/mol. The van der Waals surface area contributed by atoms with Gasteiger partial charge >= 0.3 is 0 Å². The number of piperidine rings is 1. The fourth-order valence-corrected chi connectivity index (χ4v) is 3.85. The van der Waals surface area contributed by atoms with Crippen LogP contribution in [0, 0.1) is 13.8 Å². The first kappa shape index (κ1) is 14.1. The third kappa shape index (κ3) is 3.23. The summed E-state index contributed by atoms with van der Waals surface area (Å²) < 4.78 is 2.14. The summed E-state index contributed by atoms with van der Waals surface area (Å²) >= 11 is 0. The van der Waals surface area contributed by atoms with Gasteiger partial charge in [-0.15, -0.1) is 0 Å². The van der Waals surface area contributed by atoms with Gasteiger partial charge in [0.2, 0.25) is 0 Å². The first-order valence-electron chi connectivity index (χ1n) is 8.21. The molecule has 2 aliphatic heterocycles. The summed E-state index contributed by atoms with van der Waals surface area (Å²) in [6, 6.07) is 3.77. The van der Waals surface area contributed by atoms with Gasteiger partial charge in [0.15, 0.2) is 0 Å². The van der Waals surface area contributed by atoms with Crippen molar-refractivity contribution in [2.75, 3.05) is 19.6 Å². The molecule has 0 unspecified atom stereocenters. The van der Waals surface area contributed by atoms with Crippen molar-refractivity contribution in [3.05, 3.63) is 17.5 Å². The Morgan fingerprint density at radius 2 is 2.20 bits per heavy atom. The zero-order chi connectivity index (χ0) is 13.9. The van der Waals surface area contributed by atoms with Crippen LogP contribution < -0.4 is 5.32 Å². The van der Waals surface area contributed by atoms with Crippen molar-refractivity contribution < 1.29 is 0 Å². The van der Waals surface area contributed by atoms with Gasteiger partial charge in [-0.3, -0.25) is 4.68 Å². The standard InChI is InChI=1S/C16H28N4/c1-13-11-14(2)20(18-13)9-4-7-17-15-6-10-19-8-3-5-16(19)12-15/h11,15-17H,3-10,12H2,1-2H3/t15-,16-/m0/s1. The first-order valence-corrected chi connectivity index (χ1v) is 8.21. The molecule has 20 heavy (non-hydrogen) atoms. The van der Waals surface area contributed by atoms with Gasteiger partial charge in [0.05, 0.1) is 5.69 Å². The van der Waals surface area contributed by atoms with E-state index in [-0.39, 0.29) is 0 Å². The molecule has 0 spiro atoms. The van der Waals surface area contributed by atoms with Crippen molar-refractivity contribution in [1.82, 2.24) is 20.0 Å². The molecule has 2 aliphatic rings. The molecule has 1 aromatic heterocycles. The van der Waals surface area contributed by atoms with Gasteiger partial charge < -0.3 is 10.2 Å². The topological polar surface area (TPSA) is 33.1 Å². The van der Waals surface area contributed by atoms with Crippen LogP contribution in [-0.4, -0.2) is 46.4 Å². The molecule has 2 saturated heterocycles. The molecular weight excluding hydrogens is 248 g/mol. The number of nitrogens with zero attached hydrogens (tertiary/aromatic N) is 3. The normalized spacial score (nSPS) is 26.9. The summed E-state index contributed by atoms with van der Waals surface area (Å²) in [6.45, 7) is 9.01. The van der Waals surface area contributed by atoms with Crippen LogP contribution in [0.2, 0.25) is 0 Å². The molecule has 3 rings (SSSR count). The highest BCUT2D eigenvalue weighted by molar-refractivity contribution is 5.06. The highest BCUT2D eigenvalue weighted by Crippen LogP contribution is 2.26. The van der Waals surface area contributed by atoms with E-state index in [0.29, 0.717) is 0 Å². The van der Waals surface area contributed by atoms with Gasteiger partial charge in [0, 0.05) is 24.3 Å². The summed E-state index contributed by atoms with van der Waals surface area (Å²) in [5, 5.41) is 8.28. The van der Waals surface area contributed by atoms with Crippen LogP contribution in [0.25, 0.3) is 0 Å². The Bertz CT molecular complexity index is 440. The Hall–Kier alpha value is -0.870. The molecule has 1 N–H and O–H groups in total. The lowest BCUT2D eigenvalue weighted by Gasteiger charge is -2.35. The fourth-order valence-electron chi connectivity index (χ4n) is 3.85. The molecule has 0 amide bonds. The lowest BCUT2D eigenvalue weighted by Crippen LogP contribution is -2.45. The van der Waals surface area contributed by atoms with Crippen molar-refractivity contribution in [2.24, 2.45) is 0 Å². The second-order valence-electron chi connectivity index (χ2n) is 6.51. The predicted molar refractivity (Wildman–Crippen MR) is 81.9 cm³/mol. The van der Waals surface area contributed by atoms with E-state index in [1.807, 2.05) is 0 Å². The Morgan fingerprint density at radius 1 is 1.30 bits per heavy atom. The number of aryl methyl sites for hydroxylation is 3. The van der Waals surface area contributed by atoms with Crippen LogP contribution in [-0.2, 0) is 6.54 Å². The van der Waals surface area contributed by atoms with Gasteiger partial charge in [-0.25, -0.2) is 0 Å². The summed E-state index contributed by atoms with van der Waals surface area (Å²) in [5.74, 6) is 0. The molecule has 0 bridgehead atoms. The van der Waals surface area contributed by atoms with Crippen molar-refractivity contribution in [3.8, 4) is 0 Å². The van der Waals surface area contributed by atoms with Crippen LogP contribution >= 0.6 is 0 Å². The third-order valence-electron chi connectivity index (χ3n) is 4.90. The maximum atomic E-state index is 4.52.